The molecule has 94 valence electrons. The first-order chi connectivity index (χ1) is 8.29. The average molecular weight is 249 g/mol. The van der Waals surface area contributed by atoms with Crippen molar-refractivity contribution in [3.05, 3.63) is 35.9 Å². The number of nitrogens with two attached hydrogens (primary N) is 1. The Hall–Kier alpha value is -0.470. The molecule has 2 rings (SSSR count). The molecule has 1 aliphatic carbocycles. The van der Waals surface area contributed by atoms with Crippen molar-refractivity contribution in [2.45, 2.75) is 37.2 Å². The number of hydrogen-bond acceptors (Lipinski definition) is 2. The highest BCUT2D eigenvalue weighted by Crippen LogP contribution is 2.37. The number of hydrogen-bond donors (Lipinski definition) is 1. The van der Waals surface area contributed by atoms with Crippen LogP contribution in [-0.4, -0.2) is 11.8 Å². The first-order valence-electron chi connectivity index (χ1n) is 6.65. The summed E-state index contributed by atoms with van der Waals surface area (Å²) >= 11 is 2.11. The molecule has 0 aromatic heterocycles. The molecule has 1 fully saturated rings. The van der Waals surface area contributed by atoms with Gasteiger partial charge in [0, 0.05) is 11.0 Å². The van der Waals surface area contributed by atoms with E-state index < -0.39 is 0 Å². The van der Waals surface area contributed by atoms with Gasteiger partial charge in [0.15, 0.2) is 0 Å². The summed E-state index contributed by atoms with van der Waals surface area (Å²) in [7, 11) is 0. The molecule has 0 spiro atoms. The summed E-state index contributed by atoms with van der Waals surface area (Å²) in [5.74, 6) is 2.75. The van der Waals surface area contributed by atoms with E-state index >= 15 is 0 Å². The van der Waals surface area contributed by atoms with Crippen LogP contribution in [0.5, 0.6) is 0 Å². The second kappa shape index (κ2) is 6.46. The fourth-order valence-corrected chi connectivity index (χ4v) is 4.23. The van der Waals surface area contributed by atoms with Crippen LogP contribution in [-0.2, 0) is 5.75 Å². The van der Waals surface area contributed by atoms with Crippen LogP contribution in [0.4, 0.5) is 0 Å². The second-order valence-corrected chi connectivity index (χ2v) is 6.48. The topological polar surface area (TPSA) is 26.0 Å². The van der Waals surface area contributed by atoms with Crippen LogP contribution in [0.3, 0.4) is 0 Å². The molecule has 1 aliphatic rings. The summed E-state index contributed by atoms with van der Waals surface area (Å²) in [6, 6.07) is 10.8. The van der Waals surface area contributed by atoms with Crippen LogP contribution >= 0.6 is 11.8 Å². The second-order valence-electron chi connectivity index (χ2n) is 5.25. The zero-order valence-electron chi connectivity index (χ0n) is 10.6. The SMILES string of the molecule is CC1CCC(CN)C(SCc2ccccc2)C1. The van der Waals surface area contributed by atoms with Crippen molar-refractivity contribution in [3.63, 3.8) is 0 Å². The molecule has 0 aliphatic heterocycles. The standard InChI is InChI=1S/C15H23NS/c1-12-7-8-14(10-16)15(9-12)17-11-13-5-3-2-4-6-13/h2-6,12,14-15H,7-11,16H2,1H3. The van der Waals surface area contributed by atoms with Crippen LogP contribution in [0.25, 0.3) is 0 Å². The first-order valence-corrected chi connectivity index (χ1v) is 7.70. The highest BCUT2D eigenvalue weighted by Gasteiger charge is 2.27. The predicted octanol–water partition coefficient (Wildman–Crippen LogP) is 3.68. The van der Waals surface area contributed by atoms with Crippen molar-refractivity contribution in [1.82, 2.24) is 0 Å². The number of rotatable bonds is 4. The van der Waals surface area contributed by atoms with Gasteiger partial charge in [-0.05, 0) is 36.8 Å². The van der Waals surface area contributed by atoms with Crippen molar-refractivity contribution in [2.24, 2.45) is 17.6 Å². The van der Waals surface area contributed by atoms with Crippen molar-refractivity contribution in [3.8, 4) is 0 Å². The highest BCUT2D eigenvalue weighted by atomic mass is 32.2. The van der Waals surface area contributed by atoms with Crippen LogP contribution < -0.4 is 5.73 Å². The molecule has 17 heavy (non-hydrogen) atoms. The molecular formula is C15H23NS. The summed E-state index contributed by atoms with van der Waals surface area (Å²) in [6.07, 6.45) is 4.04. The molecule has 0 saturated heterocycles. The summed E-state index contributed by atoms with van der Waals surface area (Å²) in [5, 5.41) is 0.768. The summed E-state index contributed by atoms with van der Waals surface area (Å²) in [4.78, 5) is 0. The summed E-state index contributed by atoms with van der Waals surface area (Å²) in [6.45, 7) is 3.24. The minimum absolute atomic E-state index is 0.736. The number of benzene rings is 1. The Morgan fingerprint density at radius 2 is 2.00 bits per heavy atom. The zero-order valence-corrected chi connectivity index (χ0v) is 11.5. The molecule has 2 N–H and O–H groups in total. The van der Waals surface area contributed by atoms with Gasteiger partial charge in [-0.2, -0.15) is 11.8 Å². The minimum Gasteiger partial charge on any atom is -0.330 e. The lowest BCUT2D eigenvalue weighted by Crippen LogP contribution is -2.31. The third-order valence-corrected chi connectivity index (χ3v) is 5.31. The van der Waals surface area contributed by atoms with Crippen LogP contribution in [0.1, 0.15) is 31.7 Å². The molecular weight excluding hydrogens is 226 g/mol. The Bertz CT molecular complexity index is 325. The van der Waals surface area contributed by atoms with E-state index in [1.54, 1.807) is 0 Å². The third-order valence-electron chi connectivity index (χ3n) is 3.80. The van der Waals surface area contributed by atoms with Gasteiger partial charge >= 0.3 is 0 Å². The third kappa shape index (κ3) is 3.75. The van der Waals surface area contributed by atoms with Crippen LogP contribution in [0.2, 0.25) is 0 Å². The molecule has 2 heteroatoms. The molecule has 1 aromatic carbocycles. The van der Waals surface area contributed by atoms with E-state index in [0.717, 1.165) is 29.4 Å². The largest absolute Gasteiger partial charge is 0.330 e. The summed E-state index contributed by atoms with van der Waals surface area (Å²) in [5.41, 5.74) is 7.33. The molecule has 0 bridgehead atoms. The van der Waals surface area contributed by atoms with E-state index in [2.05, 4.69) is 49.0 Å². The van der Waals surface area contributed by atoms with Gasteiger partial charge in [0.2, 0.25) is 0 Å². The van der Waals surface area contributed by atoms with Gasteiger partial charge in [-0.1, -0.05) is 43.7 Å². The van der Waals surface area contributed by atoms with E-state index in [1.807, 2.05) is 0 Å². The lowest BCUT2D eigenvalue weighted by atomic mass is 9.82. The van der Waals surface area contributed by atoms with Crippen LogP contribution in [0, 0.1) is 11.8 Å². The Labute approximate surface area is 109 Å². The van der Waals surface area contributed by atoms with Crippen LogP contribution in [0.15, 0.2) is 30.3 Å². The maximum Gasteiger partial charge on any atom is 0.0187 e. The van der Waals surface area contributed by atoms with Gasteiger partial charge in [0.25, 0.3) is 0 Å². The Kier molecular flexibility index (Phi) is 4.93. The maximum absolute atomic E-state index is 5.89. The molecule has 0 heterocycles. The molecule has 3 unspecified atom stereocenters. The van der Waals surface area contributed by atoms with Gasteiger partial charge in [0.1, 0.15) is 0 Å². The van der Waals surface area contributed by atoms with Gasteiger partial charge in [0.05, 0.1) is 0 Å². The van der Waals surface area contributed by atoms with Gasteiger partial charge in [-0.15, -0.1) is 0 Å². The average Bonchev–Trinajstić information content (AvgIpc) is 2.38. The molecule has 1 aromatic rings. The Morgan fingerprint density at radius 3 is 2.71 bits per heavy atom. The maximum atomic E-state index is 5.89. The fraction of sp³-hybridized carbons (Fsp3) is 0.600. The normalized spacial score (nSPS) is 29.2. The number of thioether (sulfide) groups is 1. The van der Waals surface area contributed by atoms with Crippen molar-refractivity contribution < 1.29 is 0 Å². The van der Waals surface area contributed by atoms with Crippen molar-refractivity contribution in [2.75, 3.05) is 6.54 Å². The quantitative estimate of drug-likeness (QED) is 0.881. The highest BCUT2D eigenvalue weighted by molar-refractivity contribution is 7.99. The lowest BCUT2D eigenvalue weighted by Gasteiger charge is -2.33. The van der Waals surface area contributed by atoms with Crippen molar-refractivity contribution in [1.29, 1.82) is 0 Å². The van der Waals surface area contributed by atoms with E-state index in [1.165, 1.54) is 24.8 Å². The van der Waals surface area contributed by atoms with E-state index in [4.69, 9.17) is 5.73 Å². The molecule has 0 radical (unpaired) electrons. The predicted molar refractivity (Wildman–Crippen MR) is 77.1 cm³/mol. The summed E-state index contributed by atoms with van der Waals surface area (Å²) < 4.78 is 0. The molecule has 0 amide bonds. The smallest absolute Gasteiger partial charge is 0.0187 e. The molecule has 3 atom stereocenters. The van der Waals surface area contributed by atoms with Gasteiger partial charge < -0.3 is 5.73 Å². The van der Waals surface area contributed by atoms with E-state index in [-0.39, 0.29) is 0 Å². The van der Waals surface area contributed by atoms with Crippen molar-refractivity contribution >= 4 is 11.8 Å². The van der Waals surface area contributed by atoms with E-state index in [0.29, 0.717) is 0 Å². The Morgan fingerprint density at radius 1 is 1.24 bits per heavy atom. The molecule has 1 nitrogen and oxygen atoms in total. The Balaban J connectivity index is 1.88. The molecule has 1 saturated carbocycles. The zero-order chi connectivity index (χ0) is 12.1. The lowest BCUT2D eigenvalue weighted by molar-refractivity contribution is 0.306. The minimum atomic E-state index is 0.736. The first kappa shape index (κ1) is 13.0. The monoisotopic (exact) mass is 249 g/mol. The van der Waals surface area contributed by atoms with Gasteiger partial charge in [-0.25, -0.2) is 0 Å². The van der Waals surface area contributed by atoms with E-state index in [9.17, 15) is 0 Å². The van der Waals surface area contributed by atoms with Gasteiger partial charge in [-0.3, -0.25) is 0 Å². The fourth-order valence-electron chi connectivity index (χ4n) is 2.64.